The number of carbonyl (C=O) groups excluding carboxylic acids is 2. The highest BCUT2D eigenvalue weighted by molar-refractivity contribution is 6.33. The molecule has 0 bridgehead atoms. The summed E-state index contributed by atoms with van der Waals surface area (Å²) in [6.45, 7) is 1.44. The number of amides is 2. The molecule has 1 saturated heterocycles. The molecular formula is C24H27ClN2O4. The van der Waals surface area contributed by atoms with Gasteiger partial charge in [0.05, 0.1) is 30.7 Å². The van der Waals surface area contributed by atoms with Crippen LogP contribution in [0.3, 0.4) is 0 Å². The van der Waals surface area contributed by atoms with Crippen molar-refractivity contribution >= 4 is 23.4 Å². The molecule has 2 atom stereocenters. The van der Waals surface area contributed by atoms with Crippen LogP contribution < -0.4 is 14.8 Å². The average Bonchev–Trinajstić information content (AvgIpc) is 3.52. The maximum atomic E-state index is 13.2. The molecule has 6 nitrogen and oxygen atoms in total. The van der Waals surface area contributed by atoms with Crippen molar-refractivity contribution in [3.05, 3.63) is 58.6 Å². The van der Waals surface area contributed by atoms with Crippen LogP contribution in [-0.4, -0.2) is 50.6 Å². The van der Waals surface area contributed by atoms with E-state index in [4.69, 9.17) is 21.1 Å². The number of ether oxygens (including phenoxy) is 2. The first-order valence-corrected chi connectivity index (χ1v) is 10.9. The largest absolute Gasteiger partial charge is 0.497 e. The summed E-state index contributed by atoms with van der Waals surface area (Å²) in [6, 6.07) is 12.6. The number of carbonyl (C=O) groups is 2. The Kier molecular flexibility index (Phi) is 6.37. The van der Waals surface area contributed by atoms with Crippen molar-refractivity contribution in [2.75, 3.05) is 33.9 Å². The topological polar surface area (TPSA) is 67.9 Å². The lowest BCUT2D eigenvalue weighted by Crippen LogP contribution is -2.36. The lowest BCUT2D eigenvalue weighted by molar-refractivity contribution is -0.125. The number of likely N-dealkylation sites (tertiary alicyclic amines) is 1. The van der Waals surface area contributed by atoms with Crippen LogP contribution in [-0.2, 0) is 4.79 Å². The fourth-order valence-corrected chi connectivity index (χ4v) is 4.39. The summed E-state index contributed by atoms with van der Waals surface area (Å²) < 4.78 is 10.9. The molecule has 2 amide bonds. The third kappa shape index (κ3) is 4.64. The number of halogens is 1. The molecule has 2 aromatic rings. The second-order valence-corrected chi connectivity index (χ2v) is 8.61. The molecule has 1 aliphatic carbocycles. The predicted octanol–water partition coefficient (Wildman–Crippen LogP) is 3.74. The quantitative estimate of drug-likeness (QED) is 0.709. The molecule has 0 aromatic heterocycles. The molecule has 164 valence electrons. The summed E-state index contributed by atoms with van der Waals surface area (Å²) in [5, 5.41) is 3.50. The molecule has 0 unspecified atom stereocenters. The van der Waals surface area contributed by atoms with Crippen molar-refractivity contribution in [1.82, 2.24) is 10.2 Å². The molecule has 2 fully saturated rings. The standard InChI is InChI=1S/C24H27ClN2O4/c1-30-16-9-10-17(22(11-16)31-2)19-13-27(24(29)18-5-3-4-6-21(18)25)14-20(19)23(28)26-12-15-7-8-15/h3-6,9-11,15,19-20H,7-8,12-14H2,1-2H3,(H,26,28)/t19-,20-/m1/s1. The molecule has 0 radical (unpaired) electrons. The molecule has 1 N–H and O–H groups in total. The van der Waals surface area contributed by atoms with Crippen molar-refractivity contribution in [2.24, 2.45) is 11.8 Å². The van der Waals surface area contributed by atoms with Crippen LogP contribution >= 0.6 is 11.6 Å². The van der Waals surface area contributed by atoms with Gasteiger partial charge >= 0.3 is 0 Å². The molecule has 2 aromatic carbocycles. The van der Waals surface area contributed by atoms with Gasteiger partial charge in [0.25, 0.3) is 5.91 Å². The van der Waals surface area contributed by atoms with Gasteiger partial charge in [-0.15, -0.1) is 0 Å². The van der Waals surface area contributed by atoms with Crippen LogP contribution in [0.2, 0.25) is 5.02 Å². The monoisotopic (exact) mass is 442 g/mol. The zero-order chi connectivity index (χ0) is 22.0. The summed E-state index contributed by atoms with van der Waals surface area (Å²) in [4.78, 5) is 28.0. The van der Waals surface area contributed by atoms with Gasteiger partial charge in [-0.05, 0) is 37.0 Å². The van der Waals surface area contributed by atoms with E-state index in [2.05, 4.69) is 5.32 Å². The lowest BCUT2D eigenvalue weighted by Gasteiger charge is -2.21. The second kappa shape index (κ2) is 9.18. The third-order valence-electron chi connectivity index (χ3n) is 6.15. The van der Waals surface area contributed by atoms with E-state index in [1.165, 1.54) is 0 Å². The molecule has 7 heteroatoms. The van der Waals surface area contributed by atoms with Gasteiger partial charge in [-0.25, -0.2) is 0 Å². The molecule has 1 saturated carbocycles. The summed E-state index contributed by atoms with van der Waals surface area (Å²) in [7, 11) is 3.20. The number of methoxy groups -OCH3 is 2. The Bertz CT molecular complexity index is 976. The van der Waals surface area contributed by atoms with Gasteiger partial charge < -0.3 is 19.7 Å². The van der Waals surface area contributed by atoms with Crippen molar-refractivity contribution in [3.63, 3.8) is 0 Å². The van der Waals surface area contributed by atoms with Crippen molar-refractivity contribution in [1.29, 1.82) is 0 Å². The lowest BCUT2D eigenvalue weighted by atomic mass is 9.87. The van der Waals surface area contributed by atoms with Crippen LogP contribution in [0, 0.1) is 11.8 Å². The first-order valence-electron chi connectivity index (χ1n) is 10.5. The highest BCUT2D eigenvalue weighted by atomic mass is 35.5. The predicted molar refractivity (Wildman–Crippen MR) is 119 cm³/mol. The van der Waals surface area contributed by atoms with E-state index in [1.807, 2.05) is 18.2 Å². The van der Waals surface area contributed by atoms with E-state index in [-0.39, 0.29) is 23.7 Å². The number of hydrogen-bond donors (Lipinski definition) is 1. The molecule has 31 heavy (non-hydrogen) atoms. The number of benzene rings is 2. The SMILES string of the molecule is COc1ccc([C@H]2CN(C(=O)c3ccccc3Cl)C[C@H]2C(=O)NCC2CC2)c(OC)c1. The zero-order valence-electron chi connectivity index (χ0n) is 17.8. The maximum Gasteiger partial charge on any atom is 0.255 e. The van der Waals surface area contributed by atoms with E-state index in [9.17, 15) is 9.59 Å². The van der Waals surface area contributed by atoms with Crippen molar-refractivity contribution in [2.45, 2.75) is 18.8 Å². The number of hydrogen-bond acceptors (Lipinski definition) is 4. The van der Waals surface area contributed by atoms with Gasteiger partial charge in [-0.2, -0.15) is 0 Å². The summed E-state index contributed by atoms with van der Waals surface area (Å²) in [6.07, 6.45) is 2.33. The first kappa shape index (κ1) is 21.5. The van der Waals surface area contributed by atoms with E-state index < -0.39 is 0 Å². The average molecular weight is 443 g/mol. The molecule has 2 aliphatic rings. The molecule has 1 aliphatic heterocycles. The summed E-state index contributed by atoms with van der Waals surface area (Å²) in [5.74, 6) is 1.16. The first-order chi connectivity index (χ1) is 15.0. The smallest absolute Gasteiger partial charge is 0.255 e. The Labute approximate surface area is 187 Å². The Morgan fingerprint density at radius 1 is 1.10 bits per heavy atom. The van der Waals surface area contributed by atoms with E-state index in [1.54, 1.807) is 43.4 Å². The van der Waals surface area contributed by atoms with E-state index in [0.717, 1.165) is 18.4 Å². The minimum absolute atomic E-state index is 0.0239. The highest BCUT2D eigenvalue weighted by Gasteiger charge is 2.42. The minimum Gasteiger partial charge on any atom is -0.497 e. The normalized spacial score (nSPS) is 20.4. The maximum absolute atomic E-state index is 13.2. The fourth-order valence-electron chi connectivity index (χ4n) is 4.18. The van der Waals surface area contributed by atoms with Gasteiger partial charge in [-0.1, -0.05) is 29.8 Å². The fraction of sp³-hybridized carbons (Fsp3) is 0.417. The third-order valence-corrected chi connectivity index (χ3v) is 6.48. The van der Waals surface area contributed by atoms with E-state index >= 15 is 0 Å². The van der Waals surface area contributed by atoms with Crippen LogP contribution in [0.15, 0.2) is 42.5 Å². The Morgan fingerprint density at radius 2 is 1.87 bits per heavy atom. The van der Waals surface area contributed by atoms with Gasteiger partial charge in [0.1, 0.15) is 11.5 Å². The molecule has 1 heterocycles. The van der Waals surface area contributed by atoms with E-state index in [0.29, 0.717) is 47.6 Å². The van der Waals surface area contributed by atoms with Gasteiger partial charge in [0, 0.05) is 37.2 Å². The number of nitrogens with zero attached hydrogens (tertiary/aromatic N) is 1. The zero-order valence-corrected chi connectivity index (χ0v) is 18.5. The molecular weight excluding hydrogens is 416 g/mol. The van der Waals surface area contributed by atoms with Gasteiger partial charge in [0.2, 0.25) is 5.91 Å². The van der Waals surface area contributed by atoms with Crippen LogP contribution in [0.4, 0.5) is 0 Å². The molecule has 0 spiro atoms. The number of rotatable bonds is 7. The van der Waals surface area contributed by atoms with Crippen LogP contribution in [0.25, 0.3) is 0 Å². The second-order valence-electron chi connectivity index (χ2n) is 8.20. The minimum atomic E-state index is -0.368. The van der Waals surface area contributed by atoms with Crippen LogP contribution in [0.1, 0.15) is 34.7 Å². The summed E-state index contributed by atoms with van der Waals surface area (Å²) in [5.41, 5.74) is 1.34. The highest BCUT2D eigenvalue weighted by Crippen LogP contribution is 2.40. The Morgan fingerprint density at radius 3 is 2.55 bits per heavy atom. The van der Waals surface area contributed by atoms with Gasteiger partial charge in [-0.3, -0.25) is 9.59 Å². The number of nitrogens with one attached hydrogen (secondary N) is 1. The van der Waals surface area contributed by atoms with Crippen LogP contribution in [0.5, 0.6) is 11.5 Å². The molecule has 4 rings (SSSR count). The van der Waals surface area contributed by atoms with Crippen molar-refractivity contribution < 1.29 is 19.1 Å². The summed E-state index contributed by atoms with van der Waals surface area (Å²) >= 11 is 6.26. The van der Waals surface area contributed by atoms with Crippen molar-refractivity contribution in [3.8, 4) is 11.5 Å². The Hall–Kier alpha value is -2.73. The Balaban J connectivity index is 1.62. The van der Waals surface area contributed by atoms with Gasteiger partial charge in [0.15, 0.2) is 0 Å².